The monoisotopic (exact) mass is 251 g/mol. The molecule has 0 unspecified atom stereocenters. The molecule has 1 rings (SSSR count). The molecular formula is C11H13F4NO. The van der Waals surface area contributed by atoms with Gasteiger partial charge in [-0.15, -0.1) is 0 Å². The molecule has 96 valence electrons. The van der Waals surface area contributed by atoms with Crippen molar-refractivity contribution in [1.82, 2.24) is 0 Å². The summed E-state index contributed by atoms with van der Waals surface area (Å²) in [5, 5.41) is 2.77. The minimum Gasteiger partial charge on any atom is -0.383 e. The average Bonchev–Trinajstić information content (AvgIpc) is 2.21. The van der Waals surface area contributed by atoms with E-state index in [0.717, 1.165) is 0 Å². The highest BCUT2D eigenvalue weighted by molar-refractivity contribution is 5.44. The maximum atomic E-state index is 13.1. The Balaban J connectivity index is 2.25. The van der Waals surface area contributed by atoms with Crippen LogP contribution in [0.2, 0.25) is 0 Å². The van der Waals surface area contributed by atoms with Crippen molar-refractivity contribution in [2.75, 3.05) is 25.1 Å². The molecule has 0 spiro atoms. The molecule has 0 saturated heterocycles. The molecule has 17 heavy (non-hydrogen) atoms. The molecule has 0 atom stereocenters. The molecule has 0 radical (unpaired) electrons. The Kier molecular flexibility index (Phi) is 4.74. The second-order valence-corrected chi connectivity index (χ2v) is 3.56. The molecule has 1 aromatic rings. The van der Waals surface area contributed by atoms with E-state index in [9.17, 15) is 17.6 Å². The van der Waals surface area contributed by atoms with E-state index in [1.807, 2.05) is 0 Å². The Labute approximate surface area is 96.6 Å². The fourth-order valence-electron chi connectivity index (χ4n) is 1.16. The molecule has 6 heteroatoms. The van der Waals surface area contributed by atoms with Crippen LogP contribution in [0.1, 0.15) is 5.56 Å². The van der Waals surface area contributed by atoms with Crippen molar-refractivity contribution >= 4 is 5.69 Å². The third-order valence-corrected chi connectivity index (χ3v) is 2.01. The summed E-state index contributed by atoms with van der Waals surface area (Å²) in [6, 6.07) is 4.54. The van der Waals surface area contributed by atoms with Gasteiger partial charge in [0.15, 0.2) is 0 Å². The second-order valence-electron chi connectivity index (χ2n) is 3.56. The predicted molar refractivity (Wildman–Crippen MR) is 56.5 cm³/mol. The predicted octanol–water partition coefficient (Wildman–Crippen LogP) is 3.12. The van der Waals surface area contributed by atoms with Gasteiger partial charge in [-0.2, -0.15) is 13.2 Å². The van der Waals surface area contributed by atoms with Gasteiger partial charge in [0.2, 0.25) is 0 Å². The lowest BCUT2D eigenvalue weighted by Crippen LogP contribution is -2.20. The number of anilines is 1. The first-order valence-corrected chi connectivity index (χ1v) is 5.03. The summed E-state index contributed by atoms with van der Waals surface area (Å²) < 4.78 is 52.6. The molecule has 2 nitrogen and oxygen atoms in total. The number of benzene rings is 1. The third kappa shape index (κ3) is 5.53. The second kappa shape index (κ2) is 5.86. The number of alkyl halides is 3. The Morgan fingerprint density at radius 1 is 1.29 bits per heavy atom. The zero-order chi connectivity index (χ0) is 12.9. The van der Waals surface area contributed by atoms with Crippen molar-refractivity contribution in [3.63, 3.8) is 0 Å². The van der Waals surface area contributed by atoms with Crippen molar-refractivity contribution in [3.05, 3.63) is 29.6 Å². The summed E-state index contributed by atoms with van der Waals surface area (Å²) >= 11 is 0. The smallest absolute Gasteiger partial charge is 0.383 e. The van der Waals surface area contributed by atoms with Gasteiger partial charge in [0.25, 0.3) is 0 Å². The Hall–Kier alpha value is -1.30. The van der Waals surface area contributed by atoms with Gasteiger partial charge in [-0.3, -0.25) is 0 Å². The van der Waals surface area contributed by atoms with Crippen LogP contribution >= 0.6 is 0 Å². The largest absolute Gasteiger partial charge is 0.411 e. The molecule has 0 aromatic heterocycles. The maximum absolute atomic E-state index is 13.1. The normalized spacial score (nSPS) is 11.6. The van der Waals surface area contributed by atoms with E-state index in [1.165, 1.54) is 6.07 Å². The zero-order valence-corrected chi connectivity index (χ0v) is 9.27. The lowest BCUT2D eigenvalue weighted by Gasteiger charge is -2.09. The quantitative estimate of drug-likeness (QED) is 0.641. The molecule has 0 aliphatic rings. The van der Waals surface area contributed by atoms with Crippen molar-refractivity contribution in [3.8, 4) is 0 Å². The van der Waals surface area contributed by atoms with Gasteiger partial charge in [-0.05, 0) is 24.6 Å². The van der Waals surface area contributed by atoms with Crippen LogP contribution in [0, 0.1) is 12.7 Å². The molecule has 1 N–H and O–H groups in total. The number of nitrogens with one attached hydrogen (secondary N) is 1. The summed E-state index contributed by atoms with van der Waals surface area (Å²) in [4.78, 5) is 0. The summed E-state index contributed by atoms with van der Waals surface area (Å²) in [6.45, 7) is 0.468. The fraction of sp³-hybridized carbons (Fsp3) is 0.455. The van der Waals surface area contributed by atoms with E-state index >= 15 is 0 Å². The van der Waals surface area contributed by atoms with E-state index in [4.69, 9.17) is 0 Å². The lowest BCUT2D eigenvalue weighted by molar-refractivity contribution is -0.172. The molecule has 0 amide bonds. The highest BCUT2D eigenvalue weighted by atomic mass is 19.4. The van der Waals surface area contributed by atoms with Crippen molar-refractivity contribution in [2.45, 2.75) is 13.1 Å². The molecule has 0 aliphatic carbocycles. The molecule has 0 bridgehead atoms. The first kappa shape index (κ1) is 13.8. The highest BCUT2D eigenvalue weighted by Crippen LogP contribution is 2.15. The van der Waals surface area contributed by atoms with Gasteiger partial charge < -0.3 is 10.1 Å². The van der Waals surface area contributed by atoms with Gasteiger partial charge in [0.05, 0.1) is 6.61 Å². The summed E-state index contributed by atoms with van der Waals surface area (Å²) in [5.41, 5.74) is 1.03. The van der Waals surface area contributed by atoms with E-state index in [-0.39, 0.29) is 19.0 Å². The van der Waals surface area contributed by atoms with Gasteiger partial charge in [0, 0.05) is 12.2 Å². The minimum absolute atomic E-state index is 0.0883. The third-order valence-electron chi connectivity index (χ3n) is 2.01. The molecule has 0 fully saturated rings. The zero-order valence-electron chi connectivity index (χ0n) is 9.27. The fourth-order valence-corrected chi connectivity index (χ4v) is 1.16. The average molecular weight is 251 g/mol. The summed E-state index contributed by atoms with van der Waals surface area (Å²) in [6.07, 6.45) is -4.31. The van der Waals surface area contributed by atoms with Crippen molar-refractivity contribution in [1.29, 1.82) is 0 Å². The Morgan fingerprint density at radius 2 is 2.00 bits per heavy atom. The summed E-state index contributed by atoms with van der Waals surface area (Å²) in [5.74, 6) is -0.355. The van der Waals surface area contributed by atoms with Crippen LogP contribution in [0.3, 0.4) is 0 Å². The number of ether oxygens (including phenoxy) is 1. The lowest BCUT2D eigenvalue weighted by atomic mass is 10.2. The van der Waals surface area contributed by atoms with E-state index in [1.54, 1.807) is 19.1 Å². The maximum Gasteiger partial charge on any atom is 0.411 e. The highest BCUT2D eigenvalue weighted by Gasteiger charge is 2.27. The van der Waals surface area contributed by atoms with Gasteiger partial charge in [-0.1, -0.05) is 6.07 Å². The molecular weight excluding hydrogens is 238 g/mol. The molecule has 0 aliphatic heterocycles. The van der Waals surface area contributed by atoms with E-state index in [0.29, 0.717) is 11.3 Å². The number of hydrogen-bond acceptors (Lipinski definition) is 2. The number of hydrogen-bond donors (Lipinski definition) is 1. The molecule has 0 heterocycles. The van der Waals surface area contributed by atoms with Gasteiger partial charge in [0.1, 0.15) is 12.4 Å². The van der Waals surface area contributed by atoms with Gasteiger partial charge in [-0.25, -0.2) is 4.39 Å². The molecule has 0 saturated carbocycles. The number of aryl methyl sites for hydroxylation is 1. The van der Waals surface area contributed by atoms with Crippen LogP contribution in [0.15, 0.2) is 18.2 Å². The molecule has 1 aromatic carbocycles. The van der Waals surface area contributed by atoms with Crippen molar-refractivity contribution in [2.24, 2.45) is 0 Å². The van der Waals surface area contributed by atoms with Crippen molar-refractivity contribution < 1.29 is 22.3 Å². The van der Waals surface area contributed by atoms with E-state index in [2.05, 4.69) is 10.1 Å². The van der Waals surface area contributed by atoms with Crippen LogP contribution < -0.4 is 5.32 Å². The number of rotatable bonds is 5. The summed E-state index contributed by atoms with van der Waals surface area (Å²) in [7, 11) is 0. The first-order chi connectivity index (χ1) is 7.88. The first-order valence-electron chi connectivity index (χ1n) is 5.03. The minimum atomic E-state index is -4.31. The van der Waals surface area contributed by atoms with Crippen LogP contribution in [0.5, 0.6) is 0 Å². The van der Waals surface area contributed by atoms with Crippen LogP contribution in [0.4, 0.5) is 23.2 Å². The van der Waals surface area contributed by atoms with Crippen LogP contribution in [-0.4, -0.2) is 25.9 Å². The Bertz CT molecular complexity index is 365. The SMILES string of the molecule is Cc1ccc(NCCOCC(F)(F)F)cc1F. The van der Waals surface area contributed by atoms with Crippen LogP contribution in [-0.2, 0) is 4.74 Å². The van der Waals surface area contributed by atoms with E-state index < -0.39 is 12.8 Å². The number of halogens is 4. The standard InChI is InChI=1S/C11H13F4NO/c1-8-2-3-9(6-10(8)12)16-4-5-17-7-11(13,14)15/h2-3,6,16H,4-5,7H2,1H3. The van der Waals surface area contributed by atoms with Gasteiger partial charge >= 0.3 is 6.18 Å². The van der Waals surface area contributed by atoms with Crippen LogP contribution in [0.25, 0.3) is 0 Å². The Morgan fingerprint density at radius 3 is 2.59 bits per heavy atom. The topological polar surface area (TPSA) is 21.3 Å².